The van der Waals surface area contributed by atoms with Crippen molar-refractivity contribution in [1.82, 2.24) is 0 Å². The highest BCUT2D eigenvalue weighted by atomic mass is 16.6. The molecule has 2 aliphatic rings. The quantitative estimate of drug-likeness (QED) is 0.677. The zero-order chi connectivity index (χ0) is 18.0. The van der Waals surface area contributed by atoms with E-state index in [-0.39, 0.29) is 12.5 Å². The van der Waals surface area contributed by atoms with Gasteiger partial charge in [-0.15, -0.1) is 0 Å². The van der Waals surface area contributed by atoms with Crippen molar-refractivity contribution in [3.63, 3.8) is 0 Å². The van der Waals surface area contributed by atoms with Crippen molar-refractivity contribution in [3.05, 3.63) is 23.3 Å². The van der Waals surface area contributed by atoms with Gasteiger partial charge in [-0.3, -0.25) is 0 Å². The topological polar surface area (TPSA) is 69.9 Å². The van der Waals surface area contributed by atoms with Crippen LogP contribution in [-0.4, -0.2) is 45.3 Å². The average Bonchev–Trinajstić information content (AvgIpc) is 2.90. The van der Waals surface area contributed by atoms with Crippen LogP contribution < -0.4 is 0 Å². The normalized spacial score (nSPS) is 38.8. The number of rotatable bonds is 2. The molecule has 3 N–H and O–H groups in total. The largest absolute Gasteiger partial charge is 0.392 e. The Hall–Kier alpha value is -0.680. The van der Waals surface area contributed by atoms with E-state index in [1.807, 2.05) is 19.9 Å². The number of aliphatic hydroxyl groups is 3. The molecule has 2 rings (SSSR count). The van der Waals surface area contributed by atoms with Crippen LogP contribution in [0, 0.1) is 5.92 Å². The summed E-state index contributed by atoms with van der Waals surface area (Å²) in [6.07, 6.45) is 7.12. The highest BCUT2D eigenvalue weighted by Crippen LogP contribution is 2.47. The Bertz CT molecular complexity index is 496. The van der Waals surface area contributed by atoms with Gasteiger partial charge in [-0.1, -0.05) is 31.6 Å². The molecule has 2 aliphatic heterocycles. The number of aliphatic hydroxyl groups excluding tert-OH is 3. The van der Waals surface area contributed by atoms with Crippen LogP contribution >= 0.6 is 0 Å². The van der Waals surface area contributed by atoms with E-state index < -0.39 is 23.4 Å². The van der Waals surface area contributed by atoms with Gasteiger partial charge in [-0.05, 0) is 63.9 Å². The van der Waals surface area contributed by atoms with Crippen molar-refractivity contribution in [2.45, 2.75) is 89.6 Å². The Balaban J connectivity index is 2.35. The van der Waals surface area contributed by atoms with Crippen LogP contribution in [0.3, 0.4) is 0 Å². The van der Waals surface area contributed by atoms with E-state index >= 15 is 0 Å². The lowest BCUT2D eigenvalue weighted by molar-refractivity contribution is -0.192. The van der Waals surface area contributed by atoms with E-state index in [0.717, 1.165) is 36.8 Å². The first-order chi connectivity index (χ1) is 11.2. The van der Waals surface area contributed by atoms with Gasteiger partial charge >= 0.3 is 0 Å². The van der Waals surface area contributed by atoms with Crippen LogP contribution in [0.5, 0.6) is 0 Å². The summed E-state index contributed by atoms with van der Waals surface area (Å²) >= 11 is 0. The molecular formula is C20H34O4. The molecule has 0 amide bonds. The van der Waals surface area contributed by atoms with E-state index in [1.165, 1.54) is 0 Å². The minimum atomic E-state index is -0.673. The Morgan fingerprint density at radius 3 is 2.58 bits per heavy atom. The van der Waals surface area contributed by atoms with Gasteiger partial charge in [0.05, 0.1) is 18.3 Å². The molecule has 0 aromatic rings. The van der Waals surface area contributed by atoms with Crippen molar-refractivity contribution in [2.24, 2.45) is 5.92 Å². The summed E-state index contributed by atoms with van der Waals surface area (Å²) in [4.78, 5) is 0. The van der Waals surface area contributed by atoms with Gasteiger partial charge in [0.1, 0.15) is 11.7 Å². The van der Waals surface area contributed by atoms with Crippen LogP contribution in [0.1, 0.15) is 66.2 Å². The van der Waals surface area contributed by atoms with Crippen LogP contribution in [-0.2, 0) is 4.74 Å². The molecule has 138 valence electrons. The third-order valence-corrected chi connectivity index (χ3v) is 5.97. The Morgan fingerprint density at radius 2 is 1.96 bits per heavy atom. The van der Waals surface area contributed by atoms with Gasteiger partial charge in [0.25, 0.3) is 0 Å². The summed E-state index contributed by atoms with van der Waals surface area (Å²) in [5, 5.41) is 31.1. The fourth-order valence-electron chi connectivity index (χ4n) is 4.04. The molecule has 0 aromatic heterocycles. The lowest BCUT2D eigenvalue weighted by Gasteiger charge is -2.40. The summed E-state index contributed by atoms with van der Waals surface area (Å²) < 4.78 is 6.43. The van der Waals surface area contributed by atoms with E-state index in [4.69, 9.17) is 4.74 Å². The van der Waals surface area contributed by atoms with Gasteiger partial charge in [0, 0.05) is 0 Å². The summed E-state index contributed by atoms with van der Waals surface area (Å²) in [5.74, 6) is 0.154. The molecule has 4 atom stereocenters. The highest BCUT2D eigenvalue weighted by Gasteiger charge is 2.54. The fraction of sp³-hybridized carbons (Fsp3) is 0.800. The molecule has 2 heterocycles. The van der Waals surface area contributed by atoms with Crippen LogP contribution in [0.4, 0.5) is 0 Å². The lowest BCUT2D eigenvalue weighted by Crippen LogP contribution is -2.50. The molecule has 0 saturated carbocycles. The Kier molecular flexibility index (Phi) is 6.29. The lowest BCUT2D eigenvalue weighted by atomic mass is 9.80. The second-order valence-electron chi connectivity index (χ2n) is 8.10. The van der Waals surface area contributed by atoms with Gasteiger partial charge in [0.15, 0.2) is 0 Å². The van der Waals surface area contributed by atoms with Crippen LogP contribution in [0.25, 0.3) is 0 Å². The van der Waals surface area contributed by atoms with Crippen molar-refractivity contribution in [2.75, 3.05) is 6.61 Å². The Labute approximate surface area is 146 Å². The Morgan fingerprint density at radius 1 is 1.25 bits per heavy atom. The van der Waals surface area contributed by atoms with Crippen molar-refractivity contribution in [3.8, 4) is 0 Å². The maximum Gasteiger partial charge on any atom is 0.102 e. The molecule has 4 unspecified atom stereocenters. The highest BCUT2D eigenvalue weighted by molar-refractivity contribution is 5.15. The number of hydrogen-bond donors (Lipinski definition) is 3. The van der Waals surface area contributed by atoms with E-state index in [2.05, 4.69) is 19.9 Å². The first-order valence-corrected chi connectivity index (χ1v) is 9.26. The molecular weight excluding hydrogens is 304 g/mol. The second-order valence-corrected chi connectivity index (χ2v) is 8.10. The molecule has 0 radical (unpaired) electrons. The summed E-state index contributed by atoms with van der Waals surface area (Å²) in [6, 6.07) is 0. The minimum absolute atomic E-state index is 0.0333. The predicted molar refractivity (Wildman–Crippen MR) is 95.7 cm³/mol. The molecule has 1 saturated heterocycles. The van der Waals surface area contributed by atoms with E-state index in [9.17, 15) is 15.3 Å². The average molecular weight is 338 g/mol. The first kappa shape index (κ1) is 19.6. The van der Waals surface area contributed by atoms with E-state index in [0.29, 0.717) is 12.8 Å². The maximum absolute atomic E-state index is 10.9. The number of fused-ring (bicyclic) bond motifs is 2. The van der Waals surface area contributed by atoms with Crippen molar-refractivity contribution in [1.29, 1.82) is 0 Å². The molecule has 0 aliphatic carbocycles. The second kappa shape index (κ2) is 7.69. The summed E-state index contributed by atoms with van der Waals surface area (Å²) in [6.45, 7) is 8.17. The van der Waals surface area contributed by atoms with Crippen molar-refractivity contribution < 1.29 is 20.1 Å². The third-order valence-electron chi connectivity index (χ3n) is 5.97. The monoisotopic (exact) mass is 338 g/mol. The molecule has 1 fully saturated rings. The smallest absolute Gasteiger partial charge is 0.102 e. The van der Waals surface area contributed by atoms with Gasteiger partial charge < -0.3 is 20.1 Å². The molecule has 2 bridgehead atoms. The molecule has 4 heteroatoms. The SMILES string of the molecule is CC1=CC(O)C2(C(C)C)CCC(C)(O2)C(O)CCC(CO)=CCC1. The number of hydrogen-bond acceptors (Lipinski definition) is 4. The zero-order valence-corrected chi connectivity index (χ0v) is 15.6. The fourth-order valence-corrected chi connectivity index (χ4v) is 4.04. The summed E-state index contributed by atoms with van der Waals surface area (Å²) in [5.41, 5.74) is 0.811. The van der Waals surface area contributed by atoms with Gasteiger partial charge in [0.2, 0.25) is 0 Å². The maximum atomic E-state index is 10.9. The zero-order valence-electron chi connectivity index (χ0n) is 15.6. The number of ether oxygens (including phenoxy) is 1. The van der Waals surface area contributed by atoms with Crippen LogP contribution in [0.15, 0.2) is 23.3 Å². The predicted octanol–water partition coefficient (Wildman–Crippen LogP) is 3.11. The molecule has 0 spiro atoms. The number of allylic oxidation sites excluding steroid dienone is 2. The van der Waals surface area contributed by atoms with Crippen LogP contribution in [0.2, 0.25) is 0 Å². The van der Waals surface area contributed by atoms with Crippen molar-refractivity contribution >= 4 is 0 Å². The molecule has 0 aromatic carbocycles. The molecule has 24 heavy (non-hydrogen) atoms. The van der Waals surface area contributed by atoms with Gasteiger partial charge in [-0.25, -0.2) is 0 Å². The first-order valence-electron chi connectivity index (χ1n) is 9.26. The third kappa shape index (κ3) is 3.93. The van der Waals surface area contributed by atoms with E-state index in [1.54, 1.807) is 0 Å². The summed E-state index contributed by atoms with van der Waals surface area (Å²) in [7, 11) is 0. The minimum Gasteiger partial charge on any atom is -0.392 e. The molecule has 4 nitrogen and oxygen atoms in total. The van der Waals surface area contributed by atoms with Gasteiger partial charge in [-0.2, -0.15) is 0 Å². The standard InChI is InChI=1S/C20H34O4/c1-14(2)20-11-10-19(4,24-20)17(22)9-8-16(13-21)7-5-6-15(3)12-18(20)23/h7,12,14,17-18,21-23H,5-6,8-11,13H2,1-4H3.